The van der Waals surface area contributed by atoms with Crippen molar-refractivity contribution in [3.63, 3.8) is 0 Å². The molecule has 0 heterocycles. The second kappa shape index (κ2) is 6.13. The summed E-state index contributed by atoms with van der Waals surface area (Å²) in [5, 5.41) is 27.2. The van der Waals surface area contributed by atoms with Crippen molar-refractivity contribution in [3.05, 3.63) is 41.7 Å². The lowest BCUT2D eigenvalue weighted by Gasteiger charge is -2.16. The Morgan fingerprint density at radius 1 is 1.50 bits per heavy atom. The van der Waals surface area contributed by atoms with E-state index in [1.165, 1.54) is 17.6 Å². The molecule has 0 saturated heterocycles. The third-order valence-corrected chi connectivity index (χ3v) is 2.47. The molecule has 0 aliphatic rings. The highest BCUT2D eigenvalue weighted by Gasteiger charge is 2.15. The molecule has 0 bridgehead atoms. The van der Waals surface area contributed by atoms with E-state index >= 15 is 0 Å². The second-order valence-electron chi connectivity index (χ2n) is 3.85. The van der Waals surface area contributed by atoms with E-state index in [1.54, 1.807) is 6.92 Å². The maximum atomic E-state index is 13.1. The van der Waals surface area contributed by atoms with Crippen LogP contribution in [0.1, 0.15) is 18.6 Å². The molecule has 1 amide bonds. The Morgan fingerprint density at radius 3 is 2.72 bits per heavy atom. The highest BCUT2D eigenvalue weighted by atomic mass is 19.1. The largest absolute Gasteiger partial charge is 0.505 e. The lowest BCUT2D eigenvalue weighted by Crippen LogP contribution is -2.16. The van der Waals surface area contributed by atoms with Gasteiger partial charge in [0.2, 0.25) is 0 Å². The van der Waals surface area contributed by atoms with Gasteiger partial charge in [-0.05, 0) is 17.7 Å². The number of rotatable bonds is 4. The number of halogens is 1. The van der Waals surface area contributed by atoms with Crippen molar-refractivity contribution in [2.75, 3.05) is 0 Å². The van der Waals surface area contributed by atoms with Gasteiger partial charge in [0.05, 0.1) is 6.10 Å². The molecular formula is C12H14FNO4. The number of aromatic hydroxyl groups is 1. The molecule has 18 heavy (non-hydrogen) atoms. The zero-order valence-electron chi connectivity index (χ0n) is 9.67. The smallest absolute Gasteiger partial charge is 0.267 e. The molecule has 98 valence electrons. The summed E-state index contributed by atoms with van der Waals surface area (Å²) in [6.07, 6.45) is 1.41. The normalized spacial score (nSPS) is 14.4. The molecule has 1 rings (SSSR count). The van der Waals surface area contributed by atoms with Gasteiger partial charge in [-0.15, -0.1) is 0 Å². The predicted molar refractivity (Wildman–Crippen MR) is 61.3 cm³/mol. The first-order valence-electron chi connectivity index (χ1n) is 5.24. The van der Waals surface area contributed by atoms with Crippen molar-refractivity contribution >= 4 is 5.91 Å². The number of aliphatic hydroxyl groups is 1. The number of hydroxylamine groups is 1. The van der Waals surface area contributed by atoms with Gasteiger partial charge in [0.25, 0.3) is 5.91 Å². The molecule has 2 atom stereocenters. The average molecular weight is 255 g/mol. The van der Waals surface area contributed by atoms with Crippen LogP contribution in [0.5, 0.6) is 5.75 Å². The van der Waals surface area contributed by atoms with Crippen LogP contribution in [0.3, 0.4) is 0 Å². The number of carbonyl (C=O) groups is 1. The lowest BCUT2D eigenvalue weighted by atomic mass is 9.97. The minimum absolute atomic E-state index is 0.284. The number of benzene rings is 1. The minimum atomic E-state index is -1.03. The summed E-state index contributed by atoms with van der Waals surface area (Å²) in [6.45, 7) is 1.62. The molecule has 0 aliphatic heterocycles. The number of amides is 1. The summed E-state index contributed by atoms with van der Waals surface area (Å²) in [7, 11) is 0. The second-order valence-corrected chi connectivity index (χ2v) is 3.85. The van der Waals surface area contributed by atoms with Crippen LogP contribution < -0.4 is 5.48 Å². The van der Waals surface area contributed by atoms with Gasteiger partial charge in [-0.3, -0.25) is 10.0 Å². The van der Waals surface area contributed by atoms with Crippen LogP contribution in [0, 0.1) is 11.7 Å². The van der Waals surface area contributed by atoms with Crippen molar-refractivity contribution < 1.29 is 24.6 Å². The van der Waals surface area contributed by atoms with Crippen molar-refractivity contribution in [2.45, 2.75) is 13.0 Å². The minimum Gasteiger partial charge on any atom is -0.505 e. The monoisotopic (exact) mass is 255 g/mol. The zero-order chi connectivity index (χ0) is 13.7. The van der Waals surface area contributed by atoms with Crippen LogP contribution in [0.4, 0.5) is 4.39 Å². The van der Waals surface area contributed by atoms with Gasteiger partial charge < -0.3 is 10.2 Å². The molecule has 0 radical (unpaired) electrons. The lowest BCUT2D eigenvalue weighted by molar-refractivity contribution is -0.124. The van der Waals surface area contributed by atoms with Gasteiger partial charge in [0, 0.05) is 12.0 Å². The zero-order valence-corrected chi connectivity index (χ0v) is 9.67. The Bertz CT molecular complexity index is 461. The number of nitrogens with one attached hydrogen (secondary N) is 1. The number of hydrogen-bond acceptors (Lipinski definition) is 4. The first kappa shape index (κ1) is 14.1. The van der Waals surface area contributed by atoms with Crippen molar-refractivity contribution in [1.29, 1.82) is 0 Å². The van der Waals surface area contributed by atoms with Gasteiger partial charge in [-0.25, -0.2) is 9.87 Å². The van der Waals surface area contributed by atoms with Gasteiger partial charge in [0.15, 0.2) is 11.6 Å². The van der Waals surface area contributed by atoms with E-state index in [1.807, 2.05) is 0 Å². The molecule has 0 fully saturated rings. The van der Waals surface area contributed by atoms with Crippen LogP contribution in [0.25, 0.3) is 0 Å². The first-order valence-corrected chi connectivity index (χ1v) is 5.24. The van der Waals surface area contributed by atoms with Crippen molar-refractivity contribution in [2.24, 2.45) is 5.92 Å². The van der Waals surface area contributed by atoms with Crippen molar-refractivity contribution in [1.82, 2.24) is 5.48 Å². The quantitative estimate of drug-likeness (QED) is 0.370. The topological polar surface area (TPSA) is 89.8 Å². The summed E-state index contributed by atoms with van der Waals surface area (Å²) in [6, 6.07) is 3.56. The fourth-order valence-electron chi connectivity index (χ4n) is 1.39. The molecule has 0 aromatic heterocycles. The van der Waals surface area contributed by atoms with E-state index < -0.39 is 29.5 Å². The third kappa shape index (κ3) is 3.54. The summed E-state index contributed by atoms with van der Waals surface area (Å²) in [5.74, 6) is -2.50. The maximum absolute atomic E-state index is 13.1. The van der Waals surface area contributed by atoms with E-state index in [0.717, 1.165) is 18.2 Å². The molecule has 1 aromatic rings. The molecule has 4 N–H and O–H groups in total. The molecular weight excluding hydrogens is 241 g/mol. The summed E-state index contributed by atoms with van der Waals surface area (Å²) >= 11 is 0. The van der Waals surface area contributed by atoms with Crippen molar-refractivity contribution in [3.8, 4) is 5.75 Å². The Morgan fingerprint density at radius 2 is 2.17 bits per heavy atom. The third-order valence-electron chi connectivity index (χ3n) is 2.47. The maximum Gasteiger partial charge on any atom is 0.267 e. The van der Waals surface area contributed by atoms with E-state index in [-0.39, 0.29) is 5.56 Å². The molecule has 0 unspecified atom stereocenters. The van der Waals surface area contributed by atoms with Crippen LogP contribution in [-0.2, 0) is 4.79 Å². The average Bonchev–Trinajstić information content (AvgIpc) is 2.37. The molecule has 5 nitrogen and oxygen atoms in total. The number of carbonyl (C=O) groups excluding carboxylic acids is 1. The Labute approximate surface area is 103 Å². The fourth-order valence-corrected chi connectivity index (χ4v) is 1.39. The summed E-state index contributed by atoms with van der Waals surface area (Å²) in [5.41, 5.74) is 1.70. The van der Waals surface area contributed by atoms with Gasteiger partial charge in [0.1, 0.15) is 0 Å². The van der Waals surface area contributed by atoms with Crippen LogP contribution >= 0.6 is 0 Å². The van der Waals surface area contributed by atoms with Gasteiger partial charge >= 0.3 is 0 Å². The predicted octanol–water partition coefficient (Wildman–Crippen LogP) is 1.26. The van der Waals surface area contributed by atoms with Crippen LogP contribution in [-0.4, -0.2) is 21.3 Å². The summed E-state index contributed by atoms with van der Waals surface area (Å²) in [4.78, 5) is 10.8. The SMILES string of the molecule is C[C@@H](/C=C/C(=O)NO)[C@H](O)c1ccc(O)c(F)c1. The van der Waals surface area contributed by atoms with Gasteiger partial charge in [-0.1, -0.05) is 19.1 Å². The Kier molecular flexibility index (Phi) is 4.82. The van der Waals surface area contributed by atoms with E-state index in [0.29, 0.717) is 0 Å². The van der Waals surface area contributed by atoms with Crippen LogP contribution in [0.15, 0.2) is 30.4 Å². The molecule has 1 aromatic carbocycles. The first-order chi connectivity index (χ1) is 8.45. The van der Waals surface area contributed by atoms with E-state index in [9.17, 15) is 14.3 Å². The number of phenolic OH excluding ortho intramolecular Hbond substituents is 1. The Hall–Kier alpha value is -1.92. The number of phenols is 1. The molecule has 0 spiro atoms. The molecule has 0 aliphatic carbocycles. The standard InChI is InChI=1S/C12H14FNO4/c1-7(2-5-11(16)14-18)12(17)8-3-4-10(15)9(13)6-8/h2-7,12,15,17-18H,1H3,(H,14,16)/b5-2+/t7-,12-/m0/s1. The number of aliphatic hydroxyl groups excluding tert-OH is 1. The highest BCUT2D eigenvalue weighted by Crippen LogP contribution is 2.26. The molecule has 0 saturated carbocycles. The van der Waals surface area contributed by atoms with Crippen LogP contribution in [0.2, 0.25) is 0 Å². The number of hydrogen-bond donors (Lipinski definition) is 4. The van der Waals surface area contributed by atoms with E-state index in [2.05, 4.69) is 0 Å². The highest BCUT2D eigenvalue weighted by molar-refractivity contribution is 5.86. The van der Waals surface area contributed by atoms with Gasteiger partial charge in [-0.2, -0.15) is 0 Å². The molecule has 6 heteroatoms. The van der Waals surface area contributed by atoms with E-state index in [4.69, 9.17) is 10.3 Å². The Balaban J connectivity index is 2.79. The summed E-state index contributed by atoms with van der Waals surface area (Å²) < 4.78 is 13.1. The fraction of sp³-hybridized carbons (Fsp3) is 0.250.